The fourth-order valence-corrected chi connectivity index (χ4v) is 3.45. The Hall–Kier alpha value is -0.340. The van der Waals surface area contributed by atoms with Crippen LogP contribution in [0.4, 0.5) is 0 Å². The number of hydrogen-bond donors (Lipinski definition) is 1. The minimum Gasteiger partial charge on any atom is -0.378 e. The molecule has 1 saturated carbocycles. The van der Waals surface area contributed by atoms with Crippen LogP contribution < -0.4 is 5.32 Å². The van der Waals surface area contributed by atoms with Crippen molar-refractivity contribution >= 4 is 17.7 Å². The average Bonchev–Trinajstić information content (AvgIpc) is 2.66. The third kappa shape index (κ3) is 13.5. The molecule has 1 fully saturated rings. The molecule has 0 saturated heterocycles. The van der Waals surface area contributed by atoms with Crippen LogP contribution in [-0.2, 0) is 23.7 Å². The molecule has 0 aromatic heterocycles. The molecular formula is C20H39NO5S. The normalized spacial score (nSPS) is 20.1. The van der Waals surface area contributed by atoms with E-state index in [-0.39, 0.29) is 12.5 Å². The Balaban J connectivity index is 1.83. The quantitative estimate of drug-likeness (QED) is 0.398. The van der Waals surface area contributed by atoms with Gasteiger partial charge in [0.2, 0.25) is 5.91 Å². The van der Waals surface area contributed by atoms with Gasteiger partial charge in [0, 0.05) is 11.8 Å². The molecule has 0 spiro atoms. The van der Waals surface area contributed by atoms with E-state index in [4.69, 9.17) is 18.9 Å². The molecule has 1 rings (SSSR count). The van der Waals surface area contributed by atoms with Crippen LogP contribution in [0.3, 0.4) is 0 Å². The second kappa shape index (κ2) is 16.6. The van der Waals surface area contributed by atoms with Crippen LogP contribution in [0.1, 0.15) is 39.5 Å². The first-order chi connectivity index (χ1) is 13.1. The third-order valence-electron chi connectivity index (χ3n) is 4.86. The molecule has 0 bridgehead atoms. The molecule has 0 aliphatic heterocycles. The highest BCUT2D eigenvalue weighted by molar-refractivity contribution is 7.98. The van der Waals surface area contributed by atoms with Crippen LogP contribution in [0.5, 0.6) is 0 Å². The van der Waals surface area contributed by atoms with E-state index in [0.717, 1.165) is 37.0 Å². The fraction of sp³-hybridized carbons (Fsp3) is 0.950. The lowest BCUT2D eigenvalue weighted by atomic mass is 9.80. The van der Waals surface area contributed by atoms with Crippen molar-refractivity contribution in [1.82, 2.24) is 5.32 Å². The summed E-state index contributed by atoms with van der Waals surface area (Å²) in [5.74, 6) is 2.55. The summed E-state index contributed by atoms with van der Waals surface area (Å²) >= 11 is 1.77. The smallest absolute Gasteiger partial charge is 0.246 e. The average molecular weight is 406 g/mol. The molecule has 0 aromatic carbocycles. The maximum atomic E-state index is 11.9. The summed E-state index contributed by atoms with van der Waals surface area (Å²) in [5.41, 5.74) is 0. The van der Waals surface area contributed by atoms with Gasteiger partial charge < -0.3 is 24.3 Å². The number of thioether (sulfide) groups is 1. The van der Waals surface area contributed by atoms with Gasteiger partial charge in [-0.3, -0.25) is 4.79 Å². The van der Waals surface area contributed by atoms with Crippen molar-refractivity contribution in [2.75, 3.05) is 64.9 Å². The zero-order valence-electron chi connectivity index (χ0n) is 17.4. The minimum atomic E-state index is -0.0206. The monoisotopic (exact) mass is 405 g/mol. The highest BCUT2D eigenvalue weighted by Crippen LogP contribution is 2.29. The Morgan fingerprint density at radius 2 is 1.41 bits per heavy atom. The van der Waals surface area contributed by atoms with Crippen LogP contribution in [0.25, 0.3) is 0 Å². The van der Waals surface area contributed by atoms with E-state index >= 15 is 0 Å². The summed E-state index contributed by atoms with van der Waals surface area (Å²) in [5, 5.41) is 3.08. The van der Waals surface area contributed by atoms with E-state index in [1.165, 1.54) is 12.8 Å². The molecule has 27 heavy (non-hydrogen) atoms. The van der Waals surface area contributed by atoms with Crippen molar-refractivity contribution in [3.8, 4) is 0 Å². The zero-order chi connectivity index (χ0) is 19.7. The first-order valence-electron chi connectivity index (χ1n) is 10.2. The number of carbonyl (C=O) groups is 1. The van der Waals surface area contributed by atoms with Crippen LogP contribution in [-0.4, -0.2) is 76.8 Å². The van der Waals surface area contributed by atoms with Gasteiger partial charge in [-0.1, -0.05) is 13.8 Å². The standard InChI is InChI=1S/C20H39NO5S/c1-17(2)18-4-6-19(7-5-18)21-20(22)16-26-13-12-24-9-8-23-10-11-25-14-15-27-3/h17-19H,4-16H2,1-3H3,(H,21,22). The molecule has 0 aromatic rings. The van der Waals surface area contributed by atoms with Gasteiger partial charge in [-0.25, -0.2) is 0 Å². The predicted octanol–water partition coefficient (Wildman–Crippen LogP) is 2.75. The molecule has 6 nitrogen and oxygen atoms in total. The number of nitrogens with one attached hydrogen (secondary N) is 1. The molecule has 7 heteroatoms. The van der Waals surface area contributed by atoms with Gasteiger partial charge in [-0.15, -0.1) is 0 Å². The largest absolute Gasteiger partial charge is 0.378 e. The highest BCUT2D eigenvalue weighted by Gasteiger charge is 2.24. The van der Waals surface area contributed by atoms with Crippen molar-refractivity contribution in [3.63, 3.8) is 0 Å². The maximum Gasteiger partial charge on any atom is 0.246 e. The van der Waals surface area contributed by atoms with Crippen LogP contribution >= 0.6 is 11.8 Å². The van der Waals surface area contributed by atoms with E-state index in [9.17, 15) is 4.79 Å². The summed E-state index contributed by atoms with van der Waals surface area (Å²) in [6, 6.07) is 0.314. The van der Waals surface area contributed by atoms with E-state index in [0.29, 0.717) is 45.7 Å². The fourth-order valence-electron chi connectivity index (χ4n) is 3.17. The van der Waals surface area contributed by atoms with Crippen LogP contribution in [0, 0.1) is 11.8 Å². The summed E-state index contributed by atoms with van der Waals surface area (Å²) in [7, 11) is 0. The first-order valence-corrected chi connectivity index (χ1v) is 11.6. The minimum absolute atomic E-state index is 0.0206. The molecule has 160 valence electrons. The summed E-state index contributed by atoms with van der Waals surface area (Å²) in [6.07, 6.45) is 6.65. The van der Waals surface area contributed by atoms with E-state index in [2.05, 4.69) is 25.4 Å². The second-order valence-corrected chi connectivity index (χ2v) is 8.29. The lowest BCUT2D eigenvalue weighted by molar-refractivity contribution is -0.127. The van der Waals surface area contributed by atoms with Gasteiger partial charge in [-0.2, -0.15) is 11.8 Å². The Morgan fingerprint density at radius 1 is 0.889 bits per heavy atom. The van der Waals surface area contributed by atoms with Crippen LogP contribution in [0.2, 0.25) is 0 Å². The number of amides is 1. The van der Waals surface area contributed by atoms with Gasteiger partial charge >= 0.3 is 0 Å². The third-order valence-corrected chi connectivity index (χ3v) is 5.44. The summed E-state index contributed by atoms with van der Waals surface area (Å²) in [4.78, 5) is 11.9. The number of ether oxygens (including phenoxy) is 4. The van der Waals surface area contributed by atoms with E-state index in [1.807, 2.05) is 0 Å². The van der Waals surface area contributed by atoms with Crippen molar-refractivity contribution in [2.24, 2.45) is 11.8 Å². The molecule has 1 aliphatic rings. The molecule has 0 heterocycles. The molecular weight excluding hydrogens is 366 g/mol. The van der Waals surface area contributed by atoms with Crippen molar-refractivity contribution in [1.29, 1.82) is 0 Å². The molecule has 1 aliphatic carbocycles. The molecule has 1 N–H and O–H groups in total. The van der Waals surface area contributed by atoms with Gasteiger partial charge in [0.25, 0.3) is 0 Å². The van der Waals surface area contributed by atoms with Crippen LogP contribution in [0.15, 0.2) is 0 Å². The number of hydrogen-bond acceptors (Lipinski definition) is 6. The zero-order valence-corrected chi connectivity index (χ0v) is 18.2. The number of rotatable bonds is 16. The molecule has 0 atom stereocenters. The summed E-state index contributed by atoms with van der Waals surface area (Å²) in [6.45, 7) is 8.63. The second-order valence-electron chi connectivity index (χ2n) is 7.31. The lowest BCUT2D eigenvalue weighted by Gasteiger charge is -2.31. The topological polar surface area (TPSA) is 66.0 Å². The lowest BCUT2D eigenvalue weighted by Crippen LogP contribution is -2.40. The Kier molecular flexibility index (Phi) is 15.2. The van der Waals surface area contributed by atoms with Crippen molar-refractivity contribution < 1.29 is 23.7 Å². The van der Waals surface area contributed by atoms with Gasteiger partial charge in [-0.05, 0) is 43.8 Å². The van der Waals surface area contributed by atoms with Gasteiger partial charge in [0.15, 0.2) is 0 Å². The molecule has 1 amide bonds. The predicted molar refractivity (Wildman–Crippen MR) is 110 cm³/mol. The summed E-state index contributed by atoms with van der Waals surface area (Å²) < 4.78 is 21.6. The maximum absolute atomic E-state index is 11.9. The molecule has 0 radical (unpaired) electrons. The van der Waals surface area contributed by atoms with Crippen molar-refractivity contribution in [3.05, 3.63) is 0 Å². The van der Waals surface area contributed by atoms with Gasteiger partial charge in [0.1, 0.15) is 6.61 Å². The molecule has 0 unspecified atom stereocenters. The van der Waals surface area contributed by atoms with Crippen molar-refractivity contribution in [2.45, 2.75) is 45.6 Å². The van der Waals surface area contributed by atoms with E-state index < -0.39 is 0 Å². The SMILES string of the molecule is CSCCOCCOCCOCCOCC(=O)NC1CCC(C(C)C)CC1. The Bertz CT molecular complexity index is 362. The number of carbonyl (C=O) groups excluding carboxylic acids is 1. The highest BCUT2D eigenvalue weighted by atomic mass is 32.2. The Morgan fingerprint density at radius 3 is 1.93 bits per heavy atom. The van der Waals surface area contributed by atoms with E-state index in [1.54, 1.807) is 11.8 Å². The Labute approximate surface area is 169 Å². The first kappa shape index (κ1) is 24.7. The van der Waals surface area contributed by atoms with Gasteiger partial charge in [0.05, 0.1) is 46.2 Å².